The fourth-order valence-electron chi connectivity index (χ4n) is 2.22. The molecule has 0 aliphatic rings. The molecule has 2 aromatic heterocycles. The Bertz CT molecular complexity index is 1040. The number of aryl methyl sites for hydroxylation is 2. The molecule has 0 radical (unpaired) electrons. The highest BCUT2D eigenvalue weighted by atomic mass is 35.5. The normalized spacial score (nSPS) is 11.2. The number of rotatable bonds is 5. The molecule has 3 aromatic rings. The monoisotopic (exact) mass is 389 g/mol. The number of hydrogen-bond acceptors (Lipinski definition) is 5. The second-order valence-corrected chi connectivity index (χ2v) is 7.77. The van der Waals surface area contributed by atoms with Crippen LogP contribution < -0.4 is 9.46 Å². The zero-order valence-corrected chi connectivity index (χ0v) is 15.7. The molecule has 0 atom stereocenters. The van der Waals surface area contributed by atoms with E-state index in [0.29, 0.717) is 22.2 Å². The van der Waals surface area contributed by atoms with Gasteiger partial charge in [-0.15, -0.1) is 0 Å². The molecule has 0 amide bonds. The van der Waals surface area contributed by atoms with Gasteiger partial charge in [0.25, 0.3) is 10.0 Å². The number of ether oxygens (including phenoxy) is 1. The Balaban J connectivity index is 1.80. The van der Waals surface area contributed by atoms with Gasteiger partial charge >= 0.3 is 0 Å². The van der Waals surface area contributed by atoms with E-state index in [1.165, 1.54) is 18.5 Å². The summed E-state index contributed by atoms with van der Waals surface area (Å²) >= 11 is 5.89. The summed E-state index contributed by atoms with van der Waals surface area (Å²) in [6, 6.07) is 9.78. The Kier molecular flexibility index (Phi) is 5.11. The number of halogens is 1. The van der Waals surface area contributed by atoms with Crippen LogP contribution in [0.3, 0.4) is 0 Å². The van der Waals surface area contributed by atoms with E-state index in [4.69, 9.17) is 16.3 Å². The van der Waals surface area contributed by atoms with Gasteiger partial charge in [-0.3, -0.25) is 9.71 Å². The SMILES string of the molecule is Cc1ccc(S(=O)(=O)Nc2ccc(Oc3cncc(Cl)c3)c(C)c2)nc1. The number of sulfonamides is 1. The van der Waals surface area contributed by atoms with Gasteiger partial charge in [0.05, 0.1) is 11.2 Å². The molecule has 0 saturated heterocycles. The van der Waals surface area contributed by atoms with E-state index < -0.39 is 10.0 Å². The second kappa shape index (κ2) is 7.31. The first-order valence-electron chi connectivity index (χ1n) is 7.68. The maximum Gasteiger partial charge on any atom is 0.279 e. The van der Waals surface area contributed by atoms with Crippen molar-refractivity contribution in [2.45, 2.75) is 18.9 Å². The van der Waals surface area contributed by atoms with Gasteiger partial charge in [0.1, 0.15) is 11.5 Å². The molecule has 26 heavy (non-hydrogen) atoms. The summed E-state index contributed by atoms with van der Waals surface area (Å²) in [5, 5.41) is 0.432. The summed E-state index contributed by atoms with van der Waals surface area (Å²) in [7, 11) is -3.75. The first-order chi connectivity index (χ1) is 12.3. The van der Waals surface area contributed by atoms with Gasteiger partial charge in [-0.05, 0) is 49.2 Å². The predicted octanol–water partition coefficient (Wildman–Crippen LogP) is 4.34. The van der Waals surface area contributed by atoms with E-state index in [0.717, 1.165) is 11.1 Å². The van der Waals surface area contributed by atoms with Crippen molar-refractivity contribution in [2.75, 3.05) is 4.72 Å². The van der Waals surface area contributed by atoms with Crippen LogP contribution in [0.1, 0.15) is 11.1 Å². The Morgan fingerprint density at radius 1 is 1.04 bits per heavy atom. The van der Waals surface area contributed by atoms with Crippen molar-refractivity contribution in [3.8, 4) is 11.5 Å². The summed E-state index contributed by atoms with van der Waals surface area (Å²) in [4.78, 5) is 7.92. The van der Waals surface area contributed by atoms with Crippen molar-refractivity contribution in [1.29, 1.82) is 0 Å². The van der Waals surface area contributed by atoms with Crippen LogP contribution in [0.2, 0.25) is 5.02 Å². The quantitative estimate of drug-likeness (QED) is 0.701. The van der Waals surface area contributed by atoms with Gasteiger partial charge in [-0.1, -0.05) is 17.7 Å². The van der Waals surface area contributed by atoms with Crippen molar-refractivity contribution in [3.05, 3.63) is 71.1 Å². The summed E-state index contributed by atoms with van der Waals surface area (Å²) in [6.07, 6.45) is 4.57. The topological polar surface area (TPSA) is 81.2 Å². The van der Waals surface area contributed by atoms with Gasteiger partial charge in [0.2, 0.25) is 0 Å². The molecule has 134 valence electrons. The van der Waals surface area contributed by atoms with Crippen molar-refractivity contribution in [2.24, 2.45) is 0 Å². The molecule has 0 saturated carbocycles. The third-order valence-corrected chi connectivity index (χ3v) is 5.00. The van der Waals surface area contributed by atoms with Crippen LogP contribution in [0.15, 0.2) is 60.0 Å². The number of nitrogens with one attached hydrogen (secondary N) is 1. The standard InChI is InChI=1S/C18H16ClN3O3S/c1-12-3-6-18(21-9-12)26(23,24)22-15-4-5-17(13(2)7-15)25-16-8-14(19)10-20-11-16/h3-11,22H,1-2H3. The molecule has 6 nitrogen and oxygen atoms in total. The van der Waals surface area contributed by atoms with Crippen LogP contribution >= 0.6 is 11.6 Å². The van der Waals surface area contributed by atoms with Gasteiger partial charge in [-0.25, -0.2) is 4.98 Å². The Morgan fingerprint density at radius 2 is 1.85 bits per heavy atom. The summed E-state index contributed by atoms with van der Waals surface area (Å²) < 4.78 is 33.1. The van der Waals surface area contributed by atoms with Crippen molar-refractivity contribution in [1.82, 2.24) is 9.97 Å². The molecular formula is C18H16ClN3O3S. The Hall–Kier alpha value is -2.64. The number of aromatic nitrogens is 2. The fraction of sp³-hybridized carbons (Fsp3) is 0.111. The first-order valence-corrected chi connectivity index (χ1v) is 9.54. The third kappa shape index (κ3) is 4.30. The van der Waals surface area contributed by atoms with Gasteiger partial charge in [0.15, 0.2) is 5.03 Å². The lowest BCUT2D eigenvalue weighted by molar-refractivity contribution is 0.476. The zero-order valence-electron chi connectivity index (χ0n) is 14.1. The van der Waals surface area contributed by atoms with Crippen molar-refractivity contribution >= 4 is 27.3 Å². The molecule has 0 bridgehead atoms. The lowest BCUT2D eigenvalue weighted by Crippen LogP contribution is -2.14. The molecule has 0 fully saturated rings. The molecule has 8 heteroatoms. The van der Waals surface area contributed by atoms with E-state index in [2.05, 4.69) is 14.7 Å². The number of pyridine rings is 2. The van der Waals surface area contributed by atoms with E-state index in [1.807, 2.05) is 13.8 Å². The molecule has 2 heterocycles. The number of nitrogens with zero attached hydrogens (tertiary/aromatic N) is 2. The van der Waals surface area contributed by atoms with Crippen molar-refractivity contribution < 1.29 is 13.2 Å². The number of anilines is 1. The minimum Gasteiger partial charge on any atom is -0.455 e. The predicted molar refractivity (Wildman–Crippen MR) is 100 cm³/mol. The van der Waals surface area contributed by atoms with Crippen LogP contribution in [0.25, 0.3) is 0 Å². The van der Waals surface area contributed by atoms with Gasteiger partial charge in [0, 0.05) is 24.1 Å². The molecule has 0 aliphatic heterocycles. The lowest BCUT2D eigenvalue weighted by Gasteiger charge is -2.12. The van der Waals surface area contributed by atoms with E-state index in [-0.39, 0.29) is 5.03 Å². The molecular weight excluding hydrogens is 374 g/mol. The van der Waals surface area contributed by atoms with E-state index >= 15 is 0 Å². The number of benzene rings is 1. The van der Waals surface area contributed by atoms with Crippen LogP contribution in [0, 0.1) is 13.8 Å². The van der Waals surface area contributed by atoms with E-state index in [1.54, 1.807) is 36.5 Å². The highest BCUT2D eigenvalue weighted by Gasteiger charge is 2.16. The van der Waals surface area contributed by atoms with E-state index in [9.17, 15) is 8.42 Å². The fourth-order valence-corrected chi connectivity index (χ4v) is 3.37. The average Bonchev–Trinajstić information content (AvgIpc) is 2.57. The minimum atomic E-state index is -3.75. The maximum absolute atomic E-state index is 12.4. The zero-order chi connectivity index (χ0) is 18.7. The van der Waals surface area contributed by atoms with Crippen LogP contribution in [0.4, 0.5) is 5.69 Å². The highest BCUT2D eigenvalue weighted by molar-refractivity contribution is 7.92. The Labute approximate surface area is 156 Å². The maximum atomic E-state index is 12.4. The van der Waals surface area contributed by atoms with Crippen molar-refractivity contribution in [3.63, 3.8) is 0 Å². The van der Waals surface area contributed by atoms with Crippen LogP contribution in [0.5, 0.6) is 11.5 Å². The minimum absolute atomic E-state index is 0.0360. The van der Waals surface area contributed by atoms with Crippen LogP contribution in [-0.4, -0.2) is 18.4 Å². The molecule has 1 N–H and O–H groups in total. The summed E-state index contributed by atoms with van der Waals surface area (Å²) in [5.74, 6) is 1.07. The lowest BCUT2D eigenvalue weighted by atomic mass is 10.2. The smallest absolute Gasteiger partial charge is 0.279 e. The molecule has 1 aromatic carbocycles. The number of hydrogen-bond donors (Lipinski definition) is 1. The largest absolute Gasteiger partial charge is 0.455 e. The summed E-state index contributed by atoms with van der Waals surface area (Å²) in [5.41, 5.74) is 2.06. The molecule has 3 rings (SSSR count). The second-order valence-electron chi connectivity index (χ2n) is 5.70. The molecule has 0 aliphatic carbocycles. The highest BCUT2D eigenvalue weighted by Crippen LogP contribution is 2.28. The molecule has 0 unspecified atom stereocenters. The average molecular weight is 390 g/mol. The summed E-state index contributed by atoms with van der Waals surface area (Å²) in [6.45, 7) is 3.66. The molecule has 0 spiro atoms. The third-order valence-electron chi connectivity index (χ3n) is 3.49. The van der Waals surface area contributed by atoms with Gasteiger partial charge in [-0.2, -0.15) is 8.42 Å². The van der Waals surface area contributed by atoms with Gasteiger partial charge < -0.3 is 4.74 Å². The first kappa shape index (κ1) is 18.2. The Morgan fingerprint density at radius 3 is 2.50 bits per heavy atom. The van der Waals surface area contributed by atoms with Crippen LogP contribution in [-0.2, 0) is 10.0 Å².